The molecule has 0 aliphatic rings. The number of carboxylic acids is 1. The Labute approximate surface area is 114 Å². The molecule has 2 atom stereocenters. The molecule has 0 fully saturated rings. The molecule has 0 aromatic heterocycles. The van der Waals surface area contributed by atoms with Crippen LogP contribution in [0.3, 0.4) is 0 Å². The van der Waals surface area contributed by atoms with Crippen LogP contribution in [-0.4, -0.2) is 27.8 Å². The van der Waals surface area contributed by atoms with Crippen molar-refractivity contribution in [3.05, 3.63) is 45.8 Å². The second-order valence-electron chi connectivity index (χ2n) is 3.90. The third kappa shape index (κ3) is 4.51. The molecule has 0 saturated carbocycles. The summed E-state index contributed by atoms with van der Waals surface area (Å²) in [6, 6.07) is 5.73. The van der Waals surface area contributed by atoms with Gasteiger partial charge in [-0.2, -0.15) is 0 Å². The molecule has 1 aromatic rings. The number of carbonyl (C=O) groups is 1. The summed E-state index contributed by atoms with van der Waals surface area (Å²) in [6.07, 6.45) is 0.322. The molecular formula is C12H14FNO4S. The minimum Gasteiger partial charge on any atom is -0.480 e. The first-order chi connectivity index (χ1) is 8.95. The highest BCUT2D eigenvalue weighted by Crippen LogP contribution is 2.35. The summed E-state index contributed by atoms with van der Waals surface area (Å²) < 4.78 is 13.7. The van der Waals surface area contributed by atoms with Gasteiger partial charge in [-0.15, -0.1) is 11.8 Å². The van der Waals surface area contributed by atoms with Gasteiger partial charge >= 0.3 is 5.97 Å². The number of hydrogen-bond acceptors (Lipinski definition) is 4. The van der Waals surface area contributed by atoms with Crippen LogP contribution in [0.1, 0.15) is 24.2 Å². The predicted molar refractivity (Wildman–Crippen MR) is 70.3 cm³/mol. The van der Waals surface area contributed by atoms with Gasteiger partial charge in [0.15, 0.2) is 0 Å². The summed E-state index contributed by atoms with van der Waals surface area (Å²) in [6.45, 7) is 1.17. The van der Waals surface area contributed by atoms with E-state index in [1.54, 1.807) is 13.0 Å². The lowest BCUT2D eigenvalue weighted by Gasteiger charge is -2.17. The fraction of sp³-hybridized carbons (Fsp3) is 0.417. The largest absolute Gasteiger partial charge is 0.480 e. The molecule has 5 nitrogen and oxygen atoms in total. The maximum absolute atomic E-state index is 13.7. The van der Waals surface area contributed by atoms with Gasteiger partial charge < -0.3 is 5.11 Å². The standard InChI is InChI=1S/C12H14FNO4S/c1-2-10(12(15)16)19-11(7-14(17)18)8-5-3-4-6-9(8)13/h3-6,10-11H,2,7H2,1H3,(H,15,16). The Kier molecular flexibility index (Phi) is 5.75. The number of benzene rings is 1. The van der Waals surface area contributed by atoms with E-state index in [0.29, 0.717) is 6.42 Å². The zero-order valence-corrected chi connectivity index (χ0v) is 11.1. The Hall–Kier alpha value is -1.63. The zero-order valence-electron chi connectivity index (χ0n) is 10.3. The van der Waals surface area contributed by atoms with Gasteiger partial charge in [-0.25, -0.2) is 4.39 Å². The first kappa shape index (κ1) is 15.4. The third-order valence-corrected chi connectivity index (χ3v) is 4.14. The lowest BCUT2D eigenvalue weighted by atomic mass is 10.1. The van der Waals surface area contributed by atoms with E-state index in [0.717, 1.165) is 11.8 Å². The van der Waals surface area contributed by atoms with Crippen molar-refractivity contribution in [2.24, 2.45) is 0 Å². The first-order valence-corrected chi connectivity index (χ1v) is 6.64. The van der Waals surface area contributed by atoms with E-state index in [9.17, 15) is 19.3 Å². The molecule has 1 N–H and O–H groups in total. The topological polar surface area (TPSA) is 80.4 Å². The summed E-state index contributed by atoms with van der Waals surface area (Å²) in [5, 5.41) is 18.0. The second kappa shape index (κ2) is 7.08. The Morgan fingerprint density at radius 3 is 2.63 bits per heavy atom. The lowest BCUT2D eigenvalue weighted by molar-refractivity contribution is -0.479. The van der Waals surface area contributed by atoms with Crippen LogP contribution in [-0.2, 0) is 4.79 Å². The molecule has 0 radical (unpaired) electrons. The van der Waals surface area contributed by atoms with E-state index in [-0.39, 0.29) is 5.56 Å². The molecule has 1 rings (SSSR count). The lowest BCUT2D eigenvalue weighted by Crippen LogP contribution is -2.20. The monoisotopic (exact) mass is 287 g/mol. The Balaban J connectivity index is 2.98. The number of aliphatic carboxylic acids is 1. The molecule has 0 amide bonds. The normalized spacial score (nSPS) is 13.8. The minimum absolute atomic E-state index is 0.170. The van der Waals surface area contributed by atoms with E-state index in [4.69, 9.17) is 5.11 Å². The van der Waals surface area contributed by atoms with E-state index < -0.39 is 33.8 Å². The molecule has 0 spiro atoms. The average Bonchev–Trinajstić information content (AvgIpc) is 2.34. The number of nitro groups is 1. The van der Waals surface area contributed by atoms with Crippen LogP contribution >= 0.6 is 11.8 Å². The van der Waals surface area contributed by atoms with Crippen molar-refractivity contribution in [1.29, 1.82) is 0 Å². The van der Waals surface area contributed by atoms with Gasteiger partial charge in [0.2, 0.25) is 6.54 Å². The van der Waals surface area contributed by atoms with Gasteiger partial charge in [-0.05, 0) is 12.5 Å². The summed E-state index contributed by atoms with van der Waals surface area (Å²) in [4.78, 5) is 21.1. The van der Waals surface area contributed by atoms with E-state index >= 15 is 0 Å². The molecule has 0 saturated heterocycles. The fourth-order valence-electron chi connectivity index (χ4n) is 1.61. The van der Waals surface area contributed by atoms with Gasteiger partial charge in [-0.3, -0.25) is 14.9 Å². The molecule has 2 unspecified atom stereocenters. The van der Waals surface area contributed by atoms with Gasteiger partial charge in [-0.1, -0.05) is 25.1 Å². The quantitative estimate of drug-likeness (QED) is 0.616. The SMILES string of the molecule is CCC(SC(C[N+](=O)[O-])c1ccccc1F)C(=O)O. The summed E-state index contributed by atoms with van der Waals surface area (Å²) in [5.74, 6) is -1.60. The van der Waals surface area contributed by atoms with Crippen molar-refractivity contribution in [3.8, 4) is 0 Å². The highest BCUT2D eigenvalue weighted by molar-refractivity contribution is 8.00. The molecule has 7 heteroatoms. The molecule has 19 heavy (non-hydrogen) atoms. The smallest absolute Gasteiger partial charge is 0.316 e. The third-order valence-electron chi connectivity index (χ3n) is 2.54. The maximum Gasteiger partial charge on any atom is 0.316 e. The van der Waals surface area contributed by atoms with Gasteiger partial charge in [0, 0.05) is 10.5 Å². The van der Waals surface area contributed by atoms with Crippen molar-refractivity contribution in [2.75, 3.05) is 6.54 Å². The van der Waals surface area contributed by atoms with Crippen LogP contribution in [0.5, 0.6) is 0 Å². The van der Waals surface area contributed by atoms with Crippen molar-refractivity contribution >= 4 is 17.7 Å². The summed E-state index contributed by atoms with van der Waals surface area (Å²) >= 11 is 0.912. The number of hydrogen-bond donors (Lipinski definition) is 1. The fourth-order valence-corrected chi connectivity index (χ4v) is 2.86. The number of nitrogens with zero attached hydrogens (tertiary/aromatic N) is 1. The van der Waals surface area contributed by atoms with Crippen molar-refractivity contribution in [1.82, 2.24) is 0 Å². The molecule has 0 bridgehead atoms. The molecule has 0 aliphatic carbocycles. The highest BCUT2D eigenvalue weighted by atomic mass is 32.2. The van der Waals surface area contributed by atoms with Crippen molar-refractivity contribution in [3.63, 3.8) is 0 Å². The zero-order chi connectivity index (χ0) is 14.4. The van der Waals surface area contributed by atoms with Crippen LogP contribution in [0.2, 0.25) is 0 Å². The van der Waals surface area contributed by atoms with E-state index in [1.165, 1.54) is 18.2 Å². The minimum atomic E-state index is -1.04. The van der Waals surface area contributed by atoms with Gasteiger partial charge in [0.1, 0.15) is 11.1 Å². The van der Waals surface area contributed by atoms with Crippen LogP contribution in [0.15, 0.2) is 24.3 Å². The Morgan fingerprint density at radius 1 is 1.53 bits per heavy atom. The van der Waals surface area contributed by atoms with Crippen molar-refractivity contribution in [2.45, 2.75) is 23.8 Å². The molecular weight excluding hydrogens is 273 g/mol. The number of carboxylic acid groups (broad SMARTS) is 1. The van der Waals surface area contributed by atoms with Crippen LogP contribution in [0, 0.1) is 15.9 Å². The van der Waals surface area contributed by atoms with Gasteiger partial charge in [0.05, 0.1) is 5.25 Å². The van der Waals surface area contributed by atoms with Crippen molar-refractivity contribution < 1.29 is 19.2 Å². The highest BCUT2D eigenvalue weighted by Gasteiger charge is 2.28. The number of thioether (sulfide) groups is 1. The predicted octanol–water partition coefficient (Wildman–Crippen LogP) is 2.74. The van der Waals surface area contributed by atoms with Crippen LogP contribution in [0.4, 0.5) is 4.39 Å². The van der Waals surface area contributed by atoms with E-state index in [1.807, 2.05) is 0 Å². The molecule has 0 aliphatic heterocycles. The second-order valence-corrected chi connectivity index (χ2v) is 5.31. The molecule has 1 aromatic carbocycles. The molecule has 0 heterocycles. The summed E-state index contributed by atoms with van der Waals surface area (Å²) in [7, 11) is 0. The van der Waals surface area contributed by atoms with Gasteiger partial charge in [0.25, 0.3) is 0 Å². The first-order valence-electron chi connectivity index (χ1n) is 5.70. The van der Waals surface area contributed by atoms with E-state index in [2.05, 4.69) is 0 Å². The maximum atomic E-state index is 13.7. The Bertz CT molecular complexity index is 469. The Morgan fingerprint density at radius 2 is 2.16 bits per heavy atom. The summed E-state index contributed by atoms with van der Waals surface area (Å²) in [5.41, 5.74) is 0.170. The molecule has 104 valence electrons. The van der Waals surface area contributed by atoms with Crippen LogP contribution < -0.4 is 0 Å². The van der Waals surface area contributed by atoms with Crippen LogP contribution in [0.25, 0.3) is 0 Å². The number of rotatable bonds is 7. The average molecular weight is 287 g/mol. The number of halogens is 1.